The maximum absolute atomic E-state index is 9.56. The molecule has 8 heteroatoms. The van der Waals surface area contributed by atoms with Crippen molar-refractivity contribution in [1.29, 1.82) is 0 Å². The lowest BCUT2D eigenvalue weighted by Gasteiger charge is -2.04. The SMILES string of the molecule is OB1OCc2ccc(COc3nnn[nH]3)cc21. The van der Waals surface area contributed by atoms with Crippen LogP contribution < -0.4 is 10.2 Å². The molecule has 0 aliphatic carbocycles. The summed E-state index contributed by atoms with van der Waals surface area (Å²) in [4.78, 5) is 0. The van der Waals surface area contributed by atoms with E-state index < -0.39 is 7.12 Å². The van der Waals surface area contributed by atoms with Gasteiger partial charge in [0.1, 0.15) is 6.61 Å². The maximum atomic E-state index is 9.56. The van der Waals surface area contributed by atoms with E-state index in [-0.39, 0.29) is 6.01 Å². The van der Waals surface area contributed by atoms with Gasteiger partial charge in [-0.15, -0.1) is 0 Å². The minimum atomic E-state index is -0.836. The second-order valence-corrected chi connectivity index (χ2v) is 3.69. The van der Waals surface area contributed by atoms with Gasteiger partial charge in [-0.1, -0.05) is 23.3 Å². The van der Waals surface area contributed by atoms with E-state index in [2.05, 4.69) is 20.6 Å². The average molecular weight is 232 g/mol. The summed E-state index contributed by atoms with van der Waals surface area (Å²) in [6.45, 7) is 0.778. The molecule has 0 fully saturated rings. The van der Waals surface area contributed by atoms with Gasteiger partial charge in [0.15, 0.2) is 0 Å². The van der Waals surface area contributed by atoms with E-state index in [1.54, 1.807) is 0 Å². The van der Waals surface area contributed by atoms with Crippen LogP contribution in [0.15, 0.2) is 18.2 Å². The van der Waals surface area contributed by atoms with Gasteiger partial charge in [-0.25, -0.2) is 5.10 Å². The Labute approximate surface area is 96.9 Å². The second-order valence-electron chi connectivity index (χ2n) is 3.69. The molecule has 3 rings (SSSR count). The van der Waals surface area contributed by atoms with Crippen molar-refractivity contribution in [3.63, 3.8) is 0 Å². The van der Waals surface area contributed by atoms with E-state index in [9.17, 15) is 5.02 Å². The van der Waals surface area contributed by atoms with Crippen LogP contribution in [0.1, 0.15) is 11.1 Å². The molecule has 2 aromatic rings. The molecule has 1 aliphatic heterocycles. The number of hydrogen-bond acceptors (Lipinski definition) is 6. The fourth-order valence-electron chi connectivity index (χ4n) is 1.72. The van der Waals surface area contributed by atoms with Gasteiger partial charge in [0.2, 0.25) is 0 Å². The van der Waals surface area contributed by atoms with Crippen molar-refractivity contribution >= 4 is 12.6 Å². The minimum absolute atomic E-state index is 0.266. The Balaban J connectivity index is 1.74. The fourth-order valence-corrected chi connectivity index (χ4v) is 1.72. The summed E-state index contributed by atoms with van der Waals surface area (Å²) < 4.78 is 10.4. The van der Waals surface area contributed by atoms with E-state index in [4.69, 9.17) is 9.39 Å². The van der Waals surface area contributed by atoms with Gasteiger partial charge in [-0.05, 0) is 27.0 Å². The predicted octanol–water partition coefficient (Wildman–Crippen LogP) is -1.00. The van der Waals surface area contributed by atoms with Crippen LogP contribution in [-0.2, 0) is 17.9 Å². The van der Waals surface area contributed by atoms with Gasteiger partial charge in [0.25, 0.3) is 0 Å². The van der Waals surface area contributed by atoms with E-state index >= 15 is 0 Å². The highest BCUT2D eigenvalue weighted by molar-refractivity contribution is 6.61. The summed E-state index contributed by atoms with van der Waals surface area (Å²) in [5.74, 6) is 0. The summed E-state index contributed by atoms with van der Waals surface area (Å²) in [6, 6.07) is 5.96. The van der Waals surface area contributed by atoms with Crippen molar-refractivity contribution in [3.8, 4) is 6.01 Å². The molecule has 7 nitrogen and oxygen atoms in total. The number of aromatic nitrogens is 4. The Morgan fingerprint density at radius 2 is 2.47 bits per heavy atom. The molecular weight excluding hydrogens is 223 g/mol. The third-order valence-corrected chi connectivity index (χ3v) is 2.57. The first-order valence-electron chi connectivity index (χ1n) is 5.11. The number of nitrogens with one attached hydrogen (secondary N) is 1. The van der Waals surface area contributed by atoms with Crippen molar-refractivity contribution in [2.45, 2.75) is 13.2 Å². The number of aromatic amines is 1. The number of nitrogens with zero attached hydrogens (tertiary/aromatic N) is 3. The van der Waals surface area contributed by atoms with Crippen LogP contribution in [-0.4, -0.2) is 32.8 Å². The maximum Gasteiger partial charge on any atom is 0.491 e. The zero-order valence-corrected chi connectivity index (χ0v) is 8.83. The Kier molecular flexibility index (Phi) is 2.50. The molecular formula is C9H9BN4O3. The lowest BCUT2D eigenvalue weighted by Crippen LogP contribution is -2.28. The second kappa shape index (κ2) is 4.15. The molecule has 1 aromatic heterocycles. The van der Waals surface area contributed by atoms with Gasteiger partial charge < -0.3 is 14.4 Å². The molecule has 1 aromatic carbocycles. The molecule has 0 atom stereocenters. The third-order valence-electron chi connectivity index (χ3n) is 2.57. The standard InChI is InChI=1S/C9H9BN4O3/c15-10-8-3-6(1-2-7(8)5-17-10)4-16-9-11-13-14-12-9/h1-3,15H,4-5H2,(H,11,12,13,14). The number of ether oxygens (including phenoxy) is 1. The number of hydrogen-bond donors (Lipinski definition) is 2. The highest BCUT2D eigenvalue weighted by Crippen LogP contribution is 2.12. The van der Waals surface area contributed by atoms with Crippen molar-refractivity contribution < 1.29 is 14.4 Å². The Morgan fingerprint density at radius 1 is 1.53 bits per heavy atom. The van der Waals surface area contributed by atoms with Crippen molar-refractivity contribution in [3.05, 3.63) is 29.3 Å². The topological polar surface area (TPSA) is 93.2 Å². The summed E-state index contributed by atoms with van der Waals surface area (Å²) in [7, 11) is -0.836. The number of H-pyrrole nitrogens is 1. The summed E-state index contributed by atoms with van der Waals surface area (Å²) >= 11 is 0. The highest BCUT2D eigenvalue weighted by Gasteiger charge is 2.27. The molecule has 86 valence electrons. The molecule has 0 radical (unpaired) electrons. The van der Waals surface area contributed by atoms with Gasteiger partial charge in [-0.2, -0.15) is 0 Å². The summed E-state index contributed by atoms with van der Waals surface area (Å²) in [6.07, 6.45) is 0. The van der Waals surface area contributed by atoms with Crippen molar-refractivity contribution in [2.24, 2.45) is 0 Å². The van der Waals surface area contributed by atoms with E-state index in [0.717, 1.165) is 16.6 Å². The van der Waals surface area contributed by atoms with Gasteiger partial charge in [-0.3, -0.25) is 0 Å². The Morgan fingerprint density at radius 3 is 3.29 bits per heavy atom. The van der Waals surface area contributed by atoms with Crippen LogP contribution in [0.4, 0.5) is 0 Å². The van der Waals surface area contributed by atoms with Crippen LogP contribution in [0.3, 0.4) is 0 Å². The van der Waals surface area contributed by atoms with Crippen molar-refractivity contribution in [1.82, 2.24) is 20.6 Å². The van der Waals surface area contributed by atoms with Crippen LogP contribution in [0, 0.1) is 0 Å². The normalized spacial score (nSPS) is 13.8. The molecule has 17 heavy (non-hydrogen) atoms. The van der Waals surface area contributed by atoms with E-state index in [1.807, 2.05) is 18.2 Å². The number of fused-ring (bicyclic) bond motifs is 1. The van der Waals surface area contributed by atoms with Crippen LogP contribution >= 0.6 is 0 Å². The number of rotatable bonds is 3. The molecule has 0 bridgehead atoms. The number of tetrazole rings is 1. The van der Waals surface area contributed by atoms with Crippen molar-refractivity contribution in [2.75, 3.05) is 0 Å². The number of benzene rings is 1. The smallest absolute Gasteiger partial charge is 0.458 e. The van der Waals surface area contributed by atoms with Crippen LogP contribution in [0.25, 0.3) is 0 Å². The molecule has 0 unspecified atom stereocenters. The quantitative estimate of drug-likeness (QED) is 0.659. The Hall–Kier alpha value is -1.93. The Bertz CT molecular complexity index is 519. The van der Waals surface area contributed by atoms with Crippen LogP contribution in [0.5, 0.6) is 6.01 Å². The molecule has 1 aliphatic rings. The molecule has 2 heterocycles. The predicted molar refractivity (Wildman–Crippen MR) is 57.3 cm³/mol. The first-order chi connectivity index (χ1) is 8.33. The van der Waals surface area contributed by atoms with Gasteiger partial charge >= 0.3 is 13.1 Å². The highest BCUT2D eigenvalue weighted by atomic mass is 16.5. The molecule has 2 N–H and O–H groups in total. The van der Waals surface area contributed by atoms with Crippen LogP contribution in [0.2, 0.25) is 0 Å². The monoisotopic (exact) mass is 232 g/mol. The lowest BCUT2D eigenvalue weighted by molar-refractivity contribution is 0.275. The molecule has 0 spiro atoms. The van der Waals surface area contributed by atoms with E-state index in [1.165, 1.54) is 0 Å². The minimum Gasteiger partial charge on any atom is -0.458 e. The average Bonchev–Trinajstić information content (AvgIpc) is 2.97. The largest absolute Gasteiger partial charge is 0.491 e. The first-order valence-corrected chi connectivity index (χ1v) is 5.11. The summed E-state index contributed by atoms with van der Waals surface area (Å²) in [5, 5.41) is 22.5. The van der Waals surface area contributed by atoms with Gasteiger partial charge in [0.05, 0.1) is 6.61 Å². The molecule has 0 amide bonds. The van der Waals surface area contributed by atoms with Gasteiger partial charge in [0, 0.05) is 0 Å². The third kappa shape index (κ3) is 1.99. The molecule has 0 saturated heterocycles. The first kappa shape index (κ1) is 10.2. The molecule has 0 saturated carbocycles. The van der Waals surface area contributed by atoms with E-state index in [0.29, 0.717) is 13.2 Å². The zero-order chi connectivity index (χ0) is 11.7. The summed E-state index contributed by atoms with van der Waals surface area (Å²) in [5.41, 5.74) is 2.72. The zero-order valence-electron chi connectivity index (χ0n) is 8.83. The fraction of sp³-hybridized carbons (Fsp3) is 0.222. The lowest BCUT2D eigenvalue weighted by atomic mass is 9.79.